The molecule has 4 heteroatoms. The second kappa shape index (κ2) is 6.58. The maximum atomic E-state index is 10.6. The van der Waals surface area contributed by atoms with Crippen molar-refractivity contribution in [2.75, 3.05) is 32.7 Å². The summed E-state index contributed by atoms with van der Waals surface area (Å²) in [6, 6.07) is 9.48. The molecule has 4 nitrogen and oxygen atoms in total. The third kappa shape index (κ3) is 3.63. The predicted octanol–water partition coefficient (Wildman–Crippen LogP) is 1.64. The Hall–Kier alpha value is -1.39. The van der Waals surface area contributed by atoms with Crippen LogP contribution in [-0.4, -0.2) is 59.6 Å². The van der Waals surface area contributed by atoms with Crippen LogP contribution in [0.15, 0.2) is 24.3 Å². The Morgan fingerprint density at radius 3 is 2.57 bits per heavy atom. The van der Waals surface area contributed by atoms with Crippen LogP contribution in [0.2, 0.25) is 0 Å². The van der Waals surface area contributed by atoms with E-state index >= 15 is 0 Å². The molecular formula is C17H24N2O2. The molecule has 1 aromatic carbocycles. The molecule has 1 aliphatic carbocycles. The van der Waals surface area contributed by atoms with E-state index in [1.807, 2.05) is 0 Å². The summed E-state index contributed by atoms with van der Waals surface area (Å²) >= 11 is 0. The fraction of sp³-hybridized carbons (Fsp3) is 0.588. The molecule has 0 aromatic heterocycles. The molecule has 1 aromatic rings. The summed E-state index contributed by atoms with van der Waals surface area (Å²) in [5, 5.41) is 8.76. The fourth-order valence-electron chi connectivity index (χ4n) is 3.60. The van der Waals surface area contributed by atoms with Crippen LogP contribution in [-0.2, 0) is 17.6 Å². The highest BCUT2D eigenvalue weighted by molar-refractivity contribution is 5.66. The van der Waals surface area contributed by atoms with Crippen molar-refractivity contribution in [1.29, 1.82) is 0 Å². The Morgan fingerprint density at radius 2 is 1.86 bits per heavy atom. The van der Waals surface area contributed by atoms with E-state index in [9.17, 15) is 4.79 Å². The Bertz CT molecular complexity index is 495. The number of carboxylic acid groups (broad SMARTS) is 1. The first-order valence-electron chi connectivity index (χ1n) is 7.97. The van der Waals surface area contributed by atoms with Crippen molar-refractivity contribution in [3.8, 4) is 0 Å². The zero-order valence-corrected chi connectivity index (χ0v) is 12.5. The highest BCUT2D eigenvalue weighted by atomic mass is 16.4. The van der Waals surface area contributed by atoms with E-state index in [1.54, 1.807) is 0 Å². The molecule has 0 radical (unpaired) electrons. The Labute approximate surface area is 126 Å². The quantitative estimate of drug-likeness (QED) is 0.914. The largest absolute Gasteiger partial charge is 0.481 e. The van der Waals surface area contributed by atoms with Gasteiger partial charge in [0.15, 0.2) is 0 Å². The van der Waals surface area contributed by atoms with Crippen molar-refractivity contribution in [2.24, 2.45) is 0 Å². The van der Waals surface area contributed by atoms with E-state index in [0.29, 0.717) is 12.6 Å². The summed E-state index contributed by atoms with van der Waals surface area (Å²) in [5.41, 5.74) is 3.04. The van der Waals surface area contributed by atoms with Gasteiger partial charge in [0.1, 0.15) is 0 Å². The number of benzene rings is 1. The normalized spacial score (nSPS) is 23.7. The van der Waals surface area contributed by atoms with Gasteiger partial charge in [0.2, 0.25) is 0 Å². The third-order valence-electron chi connectivity index (χ3n) is 4.89. The van der Waals surface area contributed by atoms with Crippen molar-refractivity contribution < 1.29 is 9.90 Å². The van der Waals surface area contributed by atoms with Gasteiger partial charge in [-0.25, -0.2) is 0 Å². The van der Waals surface area contributed by atoms with Crippen LogP contribution in [0.4, 0.5) is 0 Å². The number of aliphatic carboxylic acids is 1. The number of rotatable bonds is 4. The van der Waals surface area contributed by atoms with E-state index in [0.717, 1.165) is 26.2 Å². The van der Waals surface area contributed by atoms with Crippen LogP contribution in [0.25, 0.3) is 0 Å². The zero-order valence-electron chi connectivity index (χ0n) is 12.5. The minimum Gasteiger partial charge on any atom is -0.481 e. The second-order valence-electron chi connectivity index (χ2n) is 6.19. The number of aryl methyl sites for hydroxylation is 1. The molecule has 3 rings (SSSR count). The van der Waals surface area contributed by atoms with Gasteiger partial charge in [0.25, 0.3) is 0 Å². The molecule has 0 saturated carbocycles. The Kier molecular flexibility index (Phi) is 4.56. The van der Waals surface area contributed by atoms with Gasteiger partial charge < -0.3 is 10.0 Å². The highest BCUT2D eigenvalue weighted by Crippen LogP contribution is 2.25. The molecule has 0 amide bonds. The summed E-state index contributed by atoms with van der Waals surface area (Å²) in [7, 11) is 0. The maximum absolute atomic E-state index is 10.6. The summed E-state index contributed by atoms with van der Waals surface area (Å²) in [4.78, 5) is 15.5. The van der Waals surface area contributed by atoms with Crippen molar-refractivity contribution >= 4 is 5.97 Å². The summed E-state index contributed by atoms with van der Waals surface area (Å²) in [5.74, 6) is -0.693. The number of piperazine rings is 1. The first kappa shape index (κ1) is 14.5. The lowest BCUT2D eigenvalue weighted by Crippen LogP contribution is -2.51. The molecule has 1 aliphatic heterocycles. The molecule has 1 heterocycles. The Morgan fingerprint density at radius 1 is 1.14 bits per heavy atom. The molecule has 1 saturated heterocycles. The average Bonchev–Trinajstić information content (AvgIpc) is 2.53. The van der Waals surface area contributed by atoms with Crippen LogP contribution < -0.4 is 0 Å². The van der Waals surface area contributed by atoms with Crippen molar-refractivity contribution in [3.63, 3.8) is 0 Å². The van der Waals surface area contributed by atoms with Crippen LogP contribution in [0, 0.1) is 0 Å². The second-order valence-corrected chi connectivity index (χ2v) is 6.19. The number of nitrogens with zero attached hydrogens (tertiary/aromatic N) is 2. The summed E-state index contributed by atoms with van der Waals surface area (Å²) in [6.07, 6.45) is 3.88. The lowest BCUT2D eigenvalue weighted by Gasteiger charge is -2.41. The predicted molar refractivity (Wildman–Crippen MR) is 82.5 cm³/mol. The molecule has 2 aliphatic rings. The molecule has 1 unspecified atom stereocenters. The van der Waals surface area contributed by atoms with Gasteiger partial charge in [-0.1, -0.05) is 24.3 Å². The van der Waals surface area contributed by atoms with E-state index in [4.69, 9.17) is 5.11 Å². The van der Waals surface area contributed by atoms with Crippen LogP contribution >= 0.6 is 0 Å². The lowest BCUT2D eigenvalue weighted by molar-refractivity contribution is -0.137. The molecule has 1 atom stereocenters. The van der Waals surface area contributed by atoms with Crippen molar-refractivity contribution in [3.05, 3.63) is 35.4 Å². The lowest BCUT2D eigenvalue weighted by atomic mass is 9.87. The monoisotopic (exact) mass is 288 g/mol. The molecule has 114 valence electrons. The van der Waals surface area contributed by atoms with E-state index in [1.165, 1.54) is 30.4 Å². The van der Waals surface area contributed by atoms with Gasteiger partial charge in [-0.2, -0.15) is 0 Å². The first-order chi connectivity index (χ1) is 10.2. The molecule has 21 heavy (non-hydrogen) atoms. The third-order valence-corrected chi connectivity index (χ3v) is 4.89. The first-order valence-corrected chi connectivity index (χ1v) is 7.97. The highest BCUT2D eigenvalue weighted by Gasteiger charge is 2.27. The van der Waals surface area contributed by atoms with E-state index in [2.05, 4.69) is 34.1 Å². The molecule has 1 N–H and O–H groups in total. The Balaban J connectivity index is 1.50. The van der Waals surface area contributed by atoms with E-state index < -0.39 is 5.97 Å². The smallest absolute Gasteiger partial charge is 0.304 e. The van der Waals surface area contributed by atoms with E-state index in [-0.39, 0.29) is 6.42 Å². The standard InChI is InChI=1S/C17H24N2O2/c20-17(21)7-8-18-9-11-19(12-10-18)16-6-5-14-3-1-2-4-15(14)13-16/h1-4,16H,5-13H2,(H,20,21). The zero-order chi connectivity index (χ0) is 14.7. The SMILES string of the molecule is O=C(O)CCN1CCN(C2CCc3ccccc3C2)CC1. The van der Waals surface area contributed by atoms with Gasteiger partial charge in [-0.05, 0) is 30.4 Å². The number of carbonyl (C=O) groups is 1. The number of hydrogen-bond acceptors (Lipinski definition) is 3. The molecule has 0 bridgehead atoms. The minimum atomic E-state index is -0.693. The van der Waals surface area contributed by atoms with Crippen molar-refractivity contribution in [1.82, 2.24) is 9.80 Å². The molecular weight excluding hydrogens is 264 g/mol. The summed E-state index contributed by atoms with van der Waals surface area (Å²) < 4.78 is 0. The summed E-state index contributed by atoms with van der Waals surface area (Å²) in [6.45, 7) is 4.85. The van der Waals surface area contributed by atoms with Gasteiger partial charge in [0.05, 0.1) is 6.42 Å². The molecule has 1 fully saturated rings. The topological polar surface area (TPSA) is 43.8 Å². The maximum Gasteiger partial charge on any atom is 0.304 e. The number of hydrogen-bond donors (Lipinski definition) is 1. The van der Waals surface area contributed by atoms with Crippen molar-refractivity contribution in [2.45, 2.75) is 31.7 Å². The molecule has 0 spiro atoms. The van der Waals surface area contributed by atoms with Gasteiger partial charge >= 0.3 is 5.97 Å². The minimum absolute atomic E-state index is 0.261. The fourth-order valence-corrected chi connectivity index (χ4v) is 3.60. The van der Waals surface area contributed by atoms with Crippen LogP contribution in [0.1, 0.15) is 24.0 Å². The number of fused-ring (bicyclic) bond motifs is 1. The van der Waals surface area contributed by atoms with Gasteiger partial charge in [0, 0.05) is 38.8 Å². The van der Waals surface area contributed by atoms with Crippen LogP contribution in [0.3, 0.4) is 0 Å². The number of carboxylic acids is 1. The van der Waals surface area contributed by atoms with Crippen LogP contribution in [0.5, 0.6) is 0 Å². The van der Waals surface area contributed by atoms with Gasteiger partial charge in [-0.3, -0.25) is 9.69 Å². The average molecular weight is 288 g/mol. The van der Waals surface area contributed by atoms with Gasteiger partial charge in [-0.15, -0.1) is 0 Å².